The zero-order valence-electron chi connectivity index (χ0n) is 7.52. The van der Waals surface area contributed by atoms with Crippen molar-refractivity contribution in [1.29, 1.82) is 0 Å². The van der Waals surface area contributed by atoms with Crippen molar-refractivity contribution in [3.05, 3.63) is 0 Å². The average molecular weight is 220 g/mol. The smallest absolute Gasteiger partial charge is 0.0159 e. The Morgan fingerprint density at radius 3 is 2.27 bits per heavy atom. The Morgan fingerprint density at radius 1 is 1.27 bits per heavy atom. The number of piperidine rings is 1. The van der Waals surface area contributed by atoms with Crippen LogP contribution in [0.15, 0.2) is 0 Å². The fourth-order valence-corrected chi connectivity index (χ4v) is 2.60. The van der Waals surface area contributed by atoms with Gasteiger partial charge in [0, 0.05) is 25.0 Å². The van der Waals surface area contributed by atoms with Gasteiger partial charge in [0.05, 0.1) is 0 Å². The van der Waals surface area contributed by atoms with Gasteiger partial charge in [0.25, 0.3) is 0 Å². The first-order chi connectivity index (χ1) is 5.22. The van der Waals surface area contributed by atoms with E-state index < -0.39 is 0 Å². The quantitative estimate of drug-likeness (QED) is 0.646. The van der Waals surface area contributed by atoms with Crippen molar-refractivity contribution in [3.8, 4) is 0 Å². The molecular weight excluding hydrogens is 202 g/mol. The molecule has 0 aromatic heterocycles. The molecule has 0 bridgehead atoms. The van der Waals surface area contributed by atoms with E-state index in [-0.39, 0.29) is 0 Å². The summed E-state index contributed by atoms with van der Waals surface area (Å²) in [5.74, 6) is 1.80. The molecule has 0 aromatic carbocycles. The number of rotatable bonds is 2. The van der Waals surface area contributed by atoms with E-state index in [0.717, 1.165) is 17.2 Å². The maximum absolute atomic E-state index is 3.48. The zero-order chi connectivity index (χ0) is 8.27. The minimum absolute atomic E-state index is 0.901. The van der Waals surface area contributed by atoms with E-state index in [1.807, 2.05) is 0 Å². The van der Waals surface area contributed by atoms with E-state index in [9.17, 15) is 0 Å². The first kappa shape index (κ1) is 9.53. The van der Waals surface area contributed by atoms with Gasteiger partial charge in [-0.15, -0.1) is 0 Å². The van der Waals surface area contributed by atoms with Gasteiger partial charge in [-0.25, -0.2) is 0 Å². The minimum Gasteiger partial charge on any atom is -0.302 e. The molecule has 1 aliphatic rings. The molecule has 1 nitrogen and oxygen atoms in total. The summed E-state index contributed by atoms with van der Waals surface area (Å²) in [6.07, 6.45) is 1.42. The van der Waals surface area contributed by atoms with Crippen molar-refractivity contribution < 1.29 is 0 Å². The van der Waals surface area contributed by atoms with Crippen molar-refractivity contribution in [3.63, 3.8) is 0 Å². The molecule has 2 atom stereocenters. The number of halogens is 1. The minimum atomic E-state index is 0.901. The third-order valence-corrected chi connectivity index (χ3v) is 2.70. The van der Waals surface area contributed by atoms with Gasteiger partial charge in [0.1, 0.15) is 0 Å². The van der Waals surface area contributed by atoms with Gasteiger partial charge in [-0.1, -0.05) is 29.8 Å². The van der Waals surface area contributed by atoms with E-state index >= 15 is 0 Å². The van der Waals surface area contributed by atoms with Crippen LogP contribution >= 0.6 is 15.9 Å². The molecule has 0 aromatic rings. The molecule has 1 heterocycles. The van der Waals surface area contributed by atoms with Gasteiger partial charge < -0.3 is 4.90 Å². The van der Waals surface area contributed by atoms with Gasteiger partial charge >= 0.3 is 0 Å². The SMILES string of the molecule is C[C@H]1C[C@H](C)CN(CCBr)C1. The zero-order valence-corrected chi connectivity index (χ0v) is 9.10. The second-order valence-corrected chi connectivity index (χ2v) is 4.69. The highest BCUT2D eigenvalue weighted by atomic mass is 79.9. The predicted octanol–water partition coefficient (Wildman–Crippen LogP) is 2.36. The highest BCUT2D eigenvalue weighted by molar-refractivity contribution is 9.09. The third-order valence-electron chi connectivity index (χ3n) is 2.35. The molecule has 0 amide bonds. The van der Waals surface area contributed by atoms with Crippen molar-refractivity contribution in [1.82, 2.24) is 4.90 Å². The summed E-state index contributed by atoms with van der Waals surface area (Å²) in [7, 11) is 0. The summed E-state index contributed by atoms with van der Waals surface area (Å²) in [6.45, 7) is 8.54. The van der Waals surface area contributed by atoms with E-state index in [2.05, 4.69) is 34.7 Å². The predicted molar refractivity (Wildman–Crippen MR) is 53.2 cm³/mol. The molecule has 1 rings (SSSR count). The van der Waals surface area contributed by atoms with Crippen LogP contribution in [0.25, 0.3) is 0 Å². The maximum Gasteiger partial charge on any atom is 0.0159 e. The van der Waals surface area contributed by atoms with Gasteiger partial charge in [-0.3, -0.25) is 0 Å². The van der Waals surface area contributed by atoms with Gasteiger partial charge in [0.15, 0.2) is 0 Å². The van der Waals surface area contributed by atoms with Crippen molar-refractivity contribution >= 4 is 15.9 Å². The second kappa shape index (κ2) is 4.46. The Hall–Kier alpha value is 0.440. The van der Waals surface area contributed by atoms with Crippen molar-refractivity contribution in [2.75, 3.05) is 25.0 Å². The molecule has 66 valence electrons. The van der Waals surface area contributed by atoms with Crippen molar-refractivity contribution in [2.24, 2.45) is 11.8 Å². The summed E-state index contributed by atoms with van der Waals surface area (Å²) in [6, 6.07) is 0. The average Bonchev–Trinajstić information content (AvgIpc) is 1.85. The summed E-state index contributed by atoms with van der Waals surface area (Å²) in [4.78, 5) is 2.56. The van der Waals surface area contributed by atoms with Crippen LogP contribution in [0.3, 0.4) is 0 Å². The molecule has 0 radical (unpaired) electrons. The summed E-state index contributed by atoms with van der Waals surface area (Å²) in [5.41, 5.74) is 0. The van der Waals surface area contributed by atoms with Gasteiger partial charge in [0.2, 0.25) is 0 Å². The number of likely N-dealkylation sites (tertiary alicyclic amines) is 1. The first-order valence-corrected chi connectivity index (χ1v) is 5.63. The summed E-state index contributed by atoms with van der Waals surface area (Å²) in [5, 5.41) is 1.12. The van der Waals surface area contributed by atoms with Crippen LogP contribution in [0, 0.1) is 11.8 Å². The van der Waals surface area contributed by atoms with Gasteiger partial charge in [-0.2, -0.15) is 0 Å². The normalized spacial score (nSPS) is 34.1. The van der Waals surface area contributed by atoms with Crippen LogP contribution < -0.4 is 0 Å². The first-order valence-electron chi connectivity index (χ1n) is 4.50. The standard InChI is InChI=1S/C9H18BrN/c1-8-5-9(2)7-11(6-8)4-3-10/h8-9H,3-7H2,1-2H3/t8-,9-/m0/s1. The van der Waals surface area contributed by atoms with Crippen LogP contribution in [0.4, 0.5) is 0 Å². The molecule has 0 saturated carbocycles. The number of hydrogen-bond donors (Lipinski definition) is 0. The largest absolute Gasteiger partial charge is 0.302 e. The van der Waals surface area contributed by atoms with E-state index in [1.54, 1.807) is 0 Å². The molecule has 0 aliphatic carbocycles. The Morgan fingerprint density at radius 2 is 1.82 bits per heavy atom. The topological polar surface area (TPSA) is 3.24 Å². The third kappa shape index (κ3) is 3.12. The number of hydrogen-bond acceptors (Lipinski definition) is 1. The maximum atomic E-state index is 3.48. The van der Waals surface area contributed by atoms with Crippen LogP contribution in [0.5, 0.6) is 0 Å². The van der Waals surface area contributed by atoms with Crippen molar-refractivity contribution in [2.45, 2.75) is 20.3 Å². The lowest BCUT2D eigenvalue weighted by Gasteiger charge is -2.34. The van der Waals surface area contributed by atoms with Crippen LogP contribution in [-0.4, -0.2) is 29.9 Å². The lowest BCUT2D eigenvalue weighted by atomic mass is 9.92. The molecule has 0 unspecified atom stereocenters. The fourth-order valence-electron chi connectivity index (χ4n) is 2.09. The molecule has 11 heavy (non-hydrogen) atoms. The second-order valence-electron chi connectivity index (χ2n) is 3.89. The lowest BCUT2D eigenvalue weighted by molar-refractivity contribution is 0.149. The Bertz CT molecular complexity index is 106. The molecule has 1 fully saturated rings. The molecule has 0 N–H and O–H groups in total. The molecular formula is C9H18BrN. The Balaban J connectivity index is 2.30. The van der Waals surface area contributed by atoms with Gasteiger partial charge in [-0.05, 0) is 18.3 Å². The lowest BCUT2D eigenvalue weighted by Crippen LogP contribution is -2.39. The van der Waals surface area contributed by atoms with Crippen LogP contribution in [-0.2, 0) is 0 Å². The number of nitrogens with zero attached hydrogens (tertiary/aromatic N) is 1. The highest BCUT2D eigenvalue weighted by Crippen LogP contribution is 2.20. The summed E-state index contributed by atoms with van der Waals surface area (Å²) >= 11 is 3.48. The summed E-state index contributed by atoms with van der Waals surface area (Å²) < 4.78 is 0. The Kier molecular flexibility index (Phi) is 3.86. The number of alkyl halides is 1. The monoisotopic (exact) mass is 219 g/mol. The van der Waals surface area contributed by atoms with E-state index in [0.29, 0.717) is 0 Å². The van der Waals surface area contributed by atoms with Crippen LogP contribution in [0.2, 0.25) is 0 Å². The fraction of sp³-hybridized carbons (Fsp3) is 1.00. The van der Waals surface area contributed by atoms with E-state index in [1.165, 1.54) is 26.1 Å². The molecule has 0 spiro atoms. The van der Waals surface area contributed by atoms with Crippen LogP contribution in [0.1, 0.15) is 20.3 Å². The van der Waals surface area contributed by atoms with E-state index in [4.69, 9.17) is 0 Å². The highest BCUT2D eigenvalue weighted by Gasteiger charge is 2.20. The Labute approximate surface area is 78.3 Å². The molecule has 1 aliphatic heterocycles. The molecule has 2 heteroatoms. The molecule has 1 saturated heterocycles.